The summed E-state index contributed by atoms with van der Waals surface area (Å²) in [6.07, 6.45) is -4.01. The van der Waals surface area contributed by atoms with Gasteiger partial charge in [-0.05, 0) is 30.5 Å². The Hall–Kier alpha value is -1.27. The summed E-state index contributed by atoms with van der Waals surface area (Å²) in [5.41, 5.74) is 0.0923. The van der Waals surface area contributed by atoms with Gasteiger partial charge in [0.25, 0.3) is 0 Å². The third-order valence-electron chi connectivity index (χ3n) is 4.11. The lowest BCUT2D eigenvalue weighted by Gasteiger charge is -2.34. The van der Waals surface area contributed by atoms with Gasteiger partial charge in [0.15, 0.2) is 0 Å². The predicted octanol–water partition coefficient (Wildman–Crippen LogP) is 3.44. The van der Waals surface area contributed by atoms with E-state index in [9.17, 15) is 18.0 Å². The average Bonchev–Trinajstić information content (AvgIpc) is 2.46. The number of halogens is 4. The second-order valence-corrected chi connectivity index (χ2v) is 5.87. The number of hydrogen-bond donors (Lipinski definition) is 1. The van der Waals surface area contributed by atoms with Gasteiger partial charge in [0.2, 0.25) is 5.91 Å². The first-order valence-electron chi connectivity index (χ1n) is 7.46. The number of amides is 1. The maximum Gasteiger partial charge on any atom is 0.416 e. The molecule has 1 aliphatic heterocycles. The van der Waals surface area contributed by atoms with Crippen molar-refractivity contribution < 1.29 is 18.0 Å². The van der Waals surface area contributed by atoms with Gasteiger partial charge in [-0.25, -0.2) is 0 Å². The van der Waals surface area contributed by atoms with Crippen LogP contribution in [-0.4, -0.2) is 36.5 Å². The van der Waals surface area contributed by atoms with Crippen LogP contribution in [0.25, 0.3) is 0 Å². The molecule has 1 heterocycles. The molecule has 1 N–H and O–H groups in total. The fourth-order valence-corrected chi connectivity index (χ4v) is 2.71. The summed E-state index contributed by atoms with van der Waals surface area (Å²) in [5.74, 6) is -0.0433. The van der Waals surface area contributed by atoms with Crippen molar-refractivity contribution >= 4 is 18.3 Å². The number of alkyl halides is 3. The van der Waals surface area contributed by atoms with Crippen molar-refractivity contribution in [1.82, 2.24) is 10.2 Å². The maximum atomic E-state index is 12.5. The molecule has 1 amide bonds. The van der Waals surface area contributed by atoms with Crippen LogP contribution >= 0.6 is 12.4 Å². The first-order chi connectivity index (χ1) is 10.3. The minimum atomic E-state index is -4.33. The number of nitrogens with one attached hydrogen (secondary N) is 1. The Morgan fingerprint density at radius 1 is 1.35 bits per heavy atom. The van der Waals surface area contributed by atoms with Crippen molar-refractivity contribution in [2.45, 2.75) is 38.4 Å². The zero-order chi connectivity index (χ0) is 16.3. The summed E-state index contributed by atoms with van der Waals surface area (Å²) >= 11 is 0. The zero-order valence-electron chi connectivity index (χ0n) is 13.2. The third kappa shape index (κ3) is 5.11. The first kappa shape index (κ1) is 19.8. The Morgan fingerprint density at radius 3 is 2.48 bits per heavy atom. The molecule has 3 nitrogen and oxygen atoms in total. The SMILES string of the molecule is CC(CC(=O)N1CCNCC1C)c1ccc(C(F)(F)F)cc1.Cl. The summed E-state index contributed by atoms with van der Waals surface area (Å²) in [7, 11) is 0. The molecule has 1 fully saturated rings. The highest BCUT2D eigenvalue weighted by molar-refractivity contribution is 5.85. The van der Waals surface area contributed by atoms with Crippen LogP contribution in [0.2, 0.25) is 0 Å². The Balaban J connectivity index is 0.00000264. The third-order valence-corrected chi connectivity index (χ3v) is 4.11. The highest BCUT2D eigenvalue weighted by Gasteiger charge is 2.30. The normalized spacial score (nSPS) is 19.9. The number of carbonyl (C=O) groups excluding carboxylic acids is 1. The second-order valence-electron chi connectivity index (χ2n) is 5.87. The van der Waals surface area contributed by atoms with Crippen LogP contribution < -0.4 is 5.32 Å². The van der Waals surface area contributed by atoms with E-state index in [1.54, 1.807) is 0 Å². The quantitative estimate of drug-likeness (QED) is 0.905. The molecule has 1 aromatic carbocycles. The Kier molecular flexibility index (Phi) is 6.89. The summed E-state index contributed by atoms with van der Waals surface area (Å²) in [6.45, 7) is 6.10. The van der Waals surface area contributed by atoms with E-state index in [1.165, 1.54) is 12.1 Å². The summed E-state index contributed by atoms with van der Waals surface area (Å²) in [6, 6.07) is 5.22. The zero-order valence-corrected chi connectivity index (χ0v) is 14.0. The topological polar surface area (TPSA) is 32.3 Å². The standard InChI is InChI=1S/C16H21F3N2O.ClH/c1-11(9-15(22)21-8-7-20-10-12(21)2)13-3-5-14(6-4-13)16(17,18)19;/h3-6,11-12,20H,7-10H2,1-2H3;1H. The molecular weight excluding hydrogens is 329 g/mol. The van der Waals surface area contributed by atoms with Gasteiger partial charge in [0.05, 0.1) is 5.56 Å². The van der Waals surface area contributed by atoms with Crippen molar-refractivity contribution in [2.24, 2.45) is 0 Å². The molecule has 2 rings (SSSR count). The number of piperazine rings is 1. The van der Waals surface area contributed by atoms with Crippen LogP contribution in [0, 0.1) is 0 Å². The van der Waals surface area contributed by atoms with Crippen molar-refractivity contribution in [1.29, 1.82) is 0 Å². The smallest absolute Gasteiger partial charge is 0.337 e. The number of nitrogens with zero attached hydrogens (tertiary/aromatic N) is 1. The van der Waals surface area contributed by atoms with Gasteiger partial charge >= 0.3 is 6.18 Å². The van der Waals surface area contributed by atoms with Gasteiger partial charge in [-0.15, -0.1) is 12.4 Å². The van der Waals surface area contributed by atoms with Crippen LogP contribution in [0.4, 0.5) is 13.2 Å². The van der Waals surface area contributed by atoms with Crippen LogP contribution in [0.15, 0.2) is 24.3 Å². The Bertz CT molecular complexity index is 519. The summed E-state index contributed by atoms with van der Waals surface area (Å²) < 4.78 is 37.6. The predicted molar refractivity (Wildman–Crippen MR) is 85.8 cm³/mol. The molecule has 7 heteroatoms. The fourth-order valence-electron chi connectivity index (χ4n) is 2.71. The molecule has 0 radical (unpaired) electrons. The molecule has 0 spiro atoms. The average molecular weight is 351 g/mol. The van der Waals surface area contributed by atoms with E-state index in [2.05, 4.69) is 5.32 Å². The number of benzene rings is 1. The first-order valence-corrected chi connectivity index (χ1v) is 7.46. The summed E-state index contributed by atoms with van der Waals surface area (Å²) in [5, 5.41) is 3.22. The van der Waals surface area contributed by atoms with E-state index in [0.29, 0.717) is 13.0 Å². The molecule has 0 saturated carbocycles. The highest BCUT2D eigenvalue weighted by Crippen LogP contribution is 2.30. The van der Waals surface area contributed by atoms with Crippen molar-refractivity contribution in [2.75, 3.05) is 19.6 Å². The van der Waals surface area contributed by atoms with Crippen LogP contribution in [0.3, 0.4) is 0 Å². The van der Waals surface area contributed by atoms with Gasteiger partial charge in [-0.3, -0.25) is 4.79 Å². The largest absolute Gasteiger partial charge is 0.416 e. The van der Waals surface area contributed by atoms with Gasteiger partial charge in [0, 0.05) is 32.1 Å². The van der Waals surface area contributed by atoms with Crippen LogP contribution in [0.5, 0.6) is 0 Å². The number of rotatable bonds is 3. The van der Waals surface area contributed by atoms with Crippen LogP contribution in [-0.2, 0) is 11.0 Å². The molecule has 23 heavy (non-hydrogen) atoms. The highest BCUT2D eigenvalue weighted by atomic mass is 35.5. The van der Waals surface area contributed by atoms with E-state index in [-0.39, 0.29) is 30.3 Å². The Morgan fingerprint density at radius 2 is 1.96 bits per heavy atom. The molecule has 130 valence electrons. The molecular formula is C16H22ClF3N2O. The van der Waals surface area contributed by atoms with Crippen molar-refractivity contribution in [3.05, 3.63) is 35.4 Å². The molecule has 1 saturated heterocycles. The Labute approximate surface area is 140 Å². The summed E-state index contributed by atoms with van der Waals surface area (Å²) in [4.78, 5) is 14.2. The monoisotopic (exact) mass is 350 g/mol. The fraction of sp³-hybridized carbons (Fsp3) is 0.562. The van der Waals surface area contributed by atoms with Crippen molar-refractivity contribution in [3.8, 4) is 0 Å². The lowest BCUT2D eigenvalue weighted by Crippen LogP contribution is -2.52. The second kappa shape index (κ2) is 8.02. The van der Waals surface area contributed by atoms with E-state index in [4.69, 9.17) is 0 Å². The maximum absolute atomic E-state index is 12.5. The minimum absolute atomic E-state index is 0. The molecule has 1 aliphatic rings. The van der Waals surface area contributed by atoms with E-state index in [1.807, 2.05) is 18.7 Å². The van der Waals surface area contributed by atoms with E-state index >= 15 is 0 Å². The minimum Gasteiger partial charge on any atom is -0.337 e. The molecule has 0 aromatic heterocycles. The number of carbonyl (C=O) groups is 1. The van der Waals surface area contributed by atoms with Crippen LogP contribution in [0.1, 0.15) is 37.3 Å². The van der Waals surface area contributed by atoms with Gasteiger partial charge in [-0.2, -0.15) is 13.2 Å². The van der Waals surface area contributed by atoms with E-state index < -0.39 is 11.7 Å². The van der Waals surface area contributed by atoms with Gasteiger partial charge < -0.3 is 10.2 Å². The molecule has 0 aliphatic carbocycles. The lowest BCUT2D eigenvalue weighted by atomic mass is 9.95. The number of hydrogen-bond acceptors (Lipinski definition) is 2. The molecule has 1 aromatic rings. The van der Waals surface area contributed by atoms with Crippen molar-refractivity contribution in [3.63, 3.8) is 0 Å². The molecule has 2 atom stereocenters. The lowest BCUT2D eigenvalue weighted by molar-refractivity contribution is -0.137. The van der Waals surface area contributed by atoms with Gasteiger partial charge in [0.1, 0.15) is 0 Å². The molecule has 2 unspecified atom stereocenters. The van der Waals surface area contributed by atoms with E-state index in [0.717, 1.165) is 30.8 Å². The molecule has 0 bridgehead atoms. The van der Waals surface area contributed by atoms with Gasteiger partial charge in [-0.1, -0.05) is 19.1 Å².